The summed E-state index contributed by atoms with van der Waals surface area (Å²) in [7, 11) is -3.83. The second-order valence-corrected chi connectivity index (χ2v) is 8.41. The lowest BCUT2D eigenvalue weighted by molar-refractivity contribution is 0.179. The number of sulfonamides is 1. The molecule has 0 amide bonds. The maximum absolute atomic E-state index is 12.7. The Labute approximate surface area is 173 Å². The van der Waals surface area contributed by atoms with Crippen LogP contribution in [0.5, 0.6) is 0 Å². The fourth-order valence-corrected chi connectivity index (χ4v) is 4.03. The van der Waals surface area contributed by atoms with Crippen molar-refractivity contribution in [2.24, 2.45) is 4.40 Å². The summed E-state index contributed by atoms with van der Waals surface area (Å²) < 4.78 is 35.3. The smallest absolute Gasteiger partial charge is 0.285 e. The van der Waals surface area contributed by atoms with Crippen LogP contribution in [-0.4, -0.2) is 45.5 Å². The van der Waals surface area contributed by atoms with Gasteiger partial charge in [0.1, 0.15) is 6.61 Å². The molecule has 0 atom stereocenters. The predicted octanol–water partition coefficient (Wildman–Crippen LogP) is 4.05. The molecule has 28 heavy (non-hydrogen) atoms. The lowest BCUT2D eigenvalue weighted by atomic mass is 10.1. The highest BCUT2D eigenvalue weighted by Gasteiger charge is 2.17. The molecule has 0 radical (unpaired) electrons. The number of halogens is 1. The van der Waals surface area contributed by atoms with E-state index in [1.165, 1.54) is 19.3 Å². The average Bonchev–Trinajstić information content (AvgIpc) is 2.69. The molecule has 0 bridgehead atoms. The number of benzene rings is 2. The maximum Gasteiger partial charge on any atom is 0.285 e. The zero-order valence-electron chi connectivity index (χ0n) is 16.1. The van der Waals surface area contributed by atoms with Gasteiger partial charge in [0.05, 0.1) is 4.90 Å². The Morgan fingerprint density at radius 1 is 1.00 bits per heavy atom. The highest BCUT2D eigenvalue weighted by atomic mass is 35.5. The van der Waals surface area contributed by atoms with Gasteiger partial charge in [0, 0.05) is 12.1 Å². The molecule has 3 rings (SSSR count). The van der Waals surface area contributed by atoms with Crippen LogP contribution in [0.1, 0.15) is 30.4 Å². The van der Waals surface area contributed by atoms with Gasteiger partial charge in [-0.3, -0.25) is 4.90 Å². The maximum atomic E-state index is 12.7. The van der Waals surface area contributed by atoms with Crippen LogP contribution in [0.3, 0.4) is 0 Å². The molecule has 0 saturated carbocycles. The number of hydrogen-bond acceptors (Lipinski definition) is 4. The molecule has 0 spiro atoms. The van der Waals surface area contributed by atoms with Gasteiger partial charge in [-0.2, -0.15) is 8.42 Å². The van der Waals surface area contributed by atoms with E-state index in [1.54, 1.807) is 24.3 Å². The molecule has 0 N–H and O–H groups in total. The minimum atomic E-state index is -3.83. The Bertz CT molecular complexity index is 862. The third-order valence-corrected chi connectivity index (χ3v) is 5.91. The summed E-state index contributed by atoms with van der Waals surface area (Å²) in [5, 5.41) is 0. The molecule has 0 aliphatic carbocycles. The van der Waals surface area contributed by atoms with Crippen LogP contribution in [0.4, 0.5) is 0 Å². The van der Waals surface area contributed by atoms with Gasteiger partial charge in [0.15, 0.2) is 0 Å². The molecule has 0 aromatic heterocycles. The van der Waals surface area contributed by atoms with E-state index in [9.17, 15) is 8.42 Å². The summed E-state index contributed by atoms with van der Waals surface area (Å²) in [4.78, 5) is 2.52. The van der Waals surface area contributed by atoms with E-state index in [1.807, 2.05) is 37.3 Å². The van der Waals surface area contributed by atoms with Gasteiger partial charge in [-0.1, -0.05) is 42.3 Å². The van der Waals surface area contributed by atoms with Gasteiger partial charge in [0.2, 0.25) is 5.90 Å². The van der Waals surface area contributed by atoms with E-state index in [0.29, 0.717) is 12.2 Å². The number of nitrogens with zero attached hydrogens (tertiary/aromatic N) is 2. The third-order valence-electron chi connectivity index (χ3n) is 4.64. The Kier molecular flexibility index (Phi) is 8.48. The van der Waals surface area contributed by atoms with Crippen molar-refractivity contribution in [3.8, 4) is 0 Å². The molecule has 2 aromatic carbocycles. The van der Waals surface area contributed by atoms with E-state index in [0.717, 1.165) is 25.2 Å². The highest BCUT2D eigenvalue weighted by Crippen LogP contribution is 2.16. The van der Waals surface area contributed by atoms with Crippen LogP contribution in [0.15, 0.2) is 63.9 Å². The molecule has 1 saturated heterocycles. The lowest BCUT2D eigenvalue weighted by Gasteiger charge is -2.26. The average molecular weight is 423 g/mol. The van der Waals surface area contributed by atoms with Crippen molar-refractivity contribution in [2.75, 3.05) is 26.2 Å². The van der Waals surface area contributed by atoms with E-state index < -0.39 is 10.0 Å². The summed E-state index contributed by atoms with van der Waals surface area (Å²) in [6, 6.07) is 15.9. The Morgan fingerprint density at radius 3 is 2.29 bits per heavy atom. The van der Waals surface area contributed by atoms with E-state index in [2.05, 4.69) is 9.30 Å². The van der Waals surface area contributed by atoms with Crippen molar-refractivity contribution in [2.45, 2.75) is 31.1 Å². The van der Waals surface area contributed by atoms with Crippen LogP contribution in [0.2, 0.25) is 0 Å². The van der Waals surface area contributed by atoms with Crippen molar-refractivity contribution in [3.05, 3.63) is 65.7 Å². The molecular formula is C21H27ClN2O3S. The molecule has 1 aliphatic heterocycles. The topological polar surface area (TPSA) is 59.0 Å². The molecule has 5 nitrogen and oxygen atoms in total. The Hall–Kier alpha value is -1.89. The summed E-state index contributed by atoms with van der Waals surface area (Å²) in [5.41, 5.74) is 1.66. The second kappa shape index (κ2) is 10.6. The normalized spacial score (nSPS) is 15.7. The van der Waals surface area contributed by atoms with Crippen molar-refractivity contribution in [3.63, 3.8) is 0 Å². The lowest BCUT2D eigenvalue weighted by Crippen LogP contribution is -2.33. The first kappa shape index (κ1) is 22.4. The molecule has 0 unspecified atom stereocenters. The van der Waals surface area contributed by atoms with Gasteiger partial charge in [-0.05, 0) is 57.1 Å². The van der Waals surface area contributed by atoms with Gasteiger partial charge in [-0.25, -0.2) is 0 Å². The standard InChI is InChI=1S/C21H26N2O3S.ClH/c1-18-10-12-20(13-11-18)27(24,25)22-21(19-8-4-2-5-9-19)26-17-16-23-14-6-3-7-15-23;/h2,4-5,8-13H,3,6-7,14-17H2,1H3;1H. The Balaban J connectivity index is 0.00000280. The van der Waals surface area contributed by atoms with E-state index in [4.69, 9.17) is 4.74 Å². The largest absolute Gasteiger partial charge is 0.475 e. The minimum Gasteiger partial charge on any atom is -0.475 e. The highest BCUT2D eigenvalue weighted by molar-refractivity contribution is 7.90. The minimum absolute atomic E-state index is 0. The zero-order valence-corrected chi connectivity index (χ0v) is 17.7. The van der Waals surface area contributed by atoms with Gasteiger partial charge >= 0.3 is 0 Å². The molecule has 1 fully saturated rings. The Morgan fingerprint density at radius 2 is 1.64 bits per heavy atom. The number of hydrogen-bond donors (Lipinski definition) is 0. The predicted molar refractivity (Wildman–Crippen MR) is 115 cm³/mol. The van der Waals surface area contributed by atoms with Crippen molar-refractivity contribution < 1.29 is 13.2 Å². The molecule has 2 aromatic rings. The summed E-state index contributed by atoms with van der Waals surface area (Å²) in [6.45, 7) is 5.25. The molecule has 1 aliphatic rings. The molecule has 7 heteroatoms. The number of likely N-dealkylation sites (tertiary alicyclic amines) is 1. The SMILES string of the molecule is Cc1ccc(S(=O)(=O)N=C(OCCN2CCCCC2)c2ccccc2)cc1.Cl. The molecule has 1 heterocycles. The van der Waals surface area contributed by atoms with Crippen LogP contribution >= 0.6 is 12.4 Å². The van der Waals surface area contributed by atoms with Crippen LogP contribution in [0, 0.1) is 6.92 Å². The van der Waals surface area contributed by atoms with Crippen molar-refractivity contribution in [1.29, 1.82) is 0 Å². The van der Waals surface area contributed by atoms with E-state index >= 15 is 0 Å². The fraction of sp³-hybridized carbons (Fsp3) is 0.381. The number of aryl methyl sites for hydroxylation is 1. The van der Waals surface area contributed by atoms with Crippen LogP contribution < -0.4 is 0 Å². The summed E-state index contributed by atoms with van der Waals surface area (Å²) >= 11 is 0. The quantitative estimate of drug-likeness (QED) is 0.520. The monoisotopic (exact) mass is 422 g/mol. The van der Waals surface area contributed by atoms with Gasteiger partial charge in [-0.15, -0.1) is 16.8 Å². The van der Waals surface area contributed by atoms with Crippen molar-refractivity contribution >= 4 is 28.3 Å². The number of rotatable bonds is 6. The first-order valence-electron chi connectivity index (χ1n) is 9.37. The zero-order chi connectivity index (χ0) is 19.1. The van der Waals surface area contributed by atoms with Crippen LogP contribution in [0.25, 0.3) is 0 Å². The van der Waals surface area contributed by atoms with E-state index in [-0.39, 0.29) is 23.2 Å². The van der Waals surface area contributed by atoms with Crippen molar-refractivity contribution in [1.82, 2.24) is 4.90 Å². The molecular weight excluding hydrogens is 396 g/mol. The first-order chi connectivity index (χ1) is 13.0. The van der Waals surface area contributed by atoms with Gasteiger partial charge < -0.3 is 4.74 Å². The van der Waals surface area contributed by atoms with Gasteiger partial charge in [0.25, 0.3) is 10.0 Å². The van der Waals surface area contributed by atoms with Crippen LogP contribution in [-0.2, 0) is 14.8 Å². The summed E-state index contributed by atoms with van der Waals surface area (Å²) in [5.74, 6) is 0.146. The first-order valence-corrected chi connectivity index (χ1v) is 10.8. The summed E-state index contributed by atoms with van der Waals surface area (Å²) in [6.07, 6.45) is 3.70. The number of piperidine rings is 1. The molecule has 152 valence electrons. The fourth-order valence-electron chi connectivity index (χ4n) is 3.07. The third kappa shape index (κ3) is 6.33. The second-order valence-electron chi connectivity index (χ2n) is 6.80. The number of ether oxygens (including phenoxy) is 1.